The van der Waals surface area contributed by atoms with Crippen LogP contribution in [0, 0.1) is 11.3 Å². The molecule has 1 fully saturated rings. The zero-order chi connectivity index (χ0) is 10.6. The van der Waals surface area contributed by atoms with Gasteiger partial charge in [0.1, 0.15) is 6.04 Å². The fraction of sp³-hybridized carbons (Fsp3) is 0.600. The molecule has 1 aliphatic rings. The Morgan fingerprint density at radius 3 is 3.14 bits per heavy atom. The highest BCUT2D eigenvalue weighted by atomic mass is 16.2. The summed E-state index contributed by atoms with van der Waals surface area (Å²) in [5, 5.41) is 11.4. The Bertz CT molecular complexity index is 269. The van der Waals surface area contributed by atoms with Gasteiger partial charge in [-0.05, 0) is 6.92 Å². The smallest absolute Gasteiger partial charge is 0.238 e. The molecule has 0 aromatic rings. The Morgan fingerprint density at radius 1 is 1.86 bits per heavy atom. The second-order valence-electron chi connectivity index (χ2n) is 3.46. The third-order valence-electron chi connectivity index (χ3n) is 2.47. The van der Waals surface area contributed by atoms with E-state index in [2.05, 4.69) is 11.9 Å². The molecule has 4 nitrogen and oxygen atoms in total. The molecule has 1 saturated heterocycles. The van der Waals surface area contributed by atoms with E-state index in [0.717, 1.165) is 0 Å². The second kappa shape index (κ2) is 4.77. The molecular weight excluding hydrogens is 178 g/mol. The number of rotatable bonds is 3. The van der Waals surface area contributed by atoms with Crippen molar-refractivity contribution < 1.29 is 4.79 Å². The van der Waals surface area contributed by atoms with Crippen molar-refractivity contribution in [3.8, 4) is 6.07 Å². The summed E-state index contributed by atoms with van der Waals surface area (Å²) < 4.78 is 0. The Balaban J connectivity index is 2.75. The van der Waals surface area contributed by atoms with Gasteiger partial charge >= 0.3 is 0 Å². The first-order valence-corrected chi connectivity index (χ1v) is 4.72. The highest BCUT2D eigenvalue weighted by Gasteiger charge is 2.32. The molecule has 1 N–H and O–H groups in total. The van der Waals surface area contributed by atoms with Crippen LogP contribution in [-0.4, -0.2) is 36.0 Å². The van der Waals surface area contributed by atoms with E-state index in [1.54, 1.807) is 6.08 Å². The summed E-state index contributed by atoms with van der Waals surface area (Å²) >= 11 is 0. The summed E-state index contributed by atoms with van der Waals surface area (Å²) in [5.41, 5.74) is 0. The van der Waals surface area contributed by atoms with Gasteiger partial charge in [0.25, 0.3) is 0 Å². The van der Waals surface area contributed by atoms with Crippen LogP contribution in [0.1, 0.15) is 13.3 Å². The van der Waals surface area contributed by atoms with Crippen LogP contribution < -0.4 is 5.32 Å². The molecule has 1 heterocycles. The quantitative estimate of drug-likeness (QED) is 0.655. The minimum absolute atomic E-state index is 0.0495. The Kier molecular flexibility index (Phi) is 3.66. The third-order valence-corrected chi connectivity index (χ3v) is 2.47. The first kappa shape index (κ1) is 10.7. The lowest BCUT2D eigenvalue weighted by atomic mass is 10.1. The monoisotopic (exact) mass is 193 g/mol. The summed E-state index contributed by atoms with van der Waals surface area (Å²) in [6, 6.07) is 1.99. The first-order valence-electron chi connectivity index (χ1n) is 4.72. The van der Waals surface area contributed by atoms with Gasteiger partial charge in [-0.15, -0.1) is 6.58 Å². The van der Waals surface area contributed by atoms with E-state index in [0.29, 0.717) is 13.1 Å². The van der Waals surface area contributed by atoms with E-state index in [4.69, 9.17) is 5.26 Å². The Morgan fingerprint density at radius 2 is 2.57 bits per heavy atom. The zero-order valence-electron chi connectivity index (χ0n) is 8.36. The third kappa shape index (κ3) is 2.12. The topological polar surface area (TPSA) is 56.1 Å². The predicted octanol–water partition coefficient (Wildman–Crippen LogP) is 0.275. The number of hydrogen-bond donors (Lipinski definition) is 1. The number of hydrogen-bond acceptors (Lipinski definition) is 3. The van der Waals surface area contributed by atoms with E-state index in [1.807, 2.05) is 17.9 Å². The summed E-state index contributed by atoms with van der Waals surface area (Å²) in [5.74, 6) is -0.0495. The van der Waals surface area contributed by atoms with Gasteiger partial charge in [0.2, 0.25) is 5.91 Å². The highest BCUT2D eigenvalue weighted by molar-refractivity contribution is 5.82. The summed E-state index contributed by atoms with van der Waals surface area (Å²) in [6.45, 7) is 6.99. The molecule has 0 radical (unpaired) electrons. The molecule has 1 rings (SSSR count). The van der Waals surface area contributed by atoms with Crippen molar-refractivity contribution in [2.45, 2.75) is 25.4 Å². The van der Waals surface area contributed by atoms with E-state index in [1.165, 1.54) is 0 Å². The number of carbonyl (C=O) groups is 1. The van der Waals surface area contributed by atoms with Gasteiger partial charge in [-0.2, -0.15) is 5.26 Å². The van der Waals surface area contributed by atoms with Gasteiger partial charge in [-0.25, -0.2) is 0 Å². The number of piperazine rings is 1. The number of nitrogens with zero attached hydrogens (tertiary/aromatic N) is 2. The summed E-state index contributed by atoms with van der Waals surface area (Å²) in [7, 11) is 0. The van der Waals surface area contributed by atoms with Gasteiger partial charge in [-0.3, -0.25) is 9.69 Å². The lowest BCUT2D eigenvalue weighted by molar-refractivity contribution is -0.130. The van der Waals surface area contributed by atoms with Crippen molar-refractivity contribution in [2.75, 3.05) is 13.1 Å². The molecule has 76 valence electrons. The average molecular weight is 193 g/mol. The highest BCUT2D eigenvalue weighted by Crippen LogP contribution is 2.13. The maximum absolute atomic E-state index is 11.5. The van der Waals surface area contributed by atoms with Gasteiger partial charge < -0.3 is 5.32 Å². The van der Waals surface area contributed by atoms with Crippen LogP contribution in [-0.2, 0) is 4.79 Å². The van der Waals surface area contributed by atoms with Crippen molar-refractivity contribution in [1.82, 2.24) is 10.2 Å². The molecule has 1 aliphatic heterocycles. The van der Waals surface area contributed by atoms with Crippen molar-refractivity contribution in [2.24, 2.45) is 0 Å². The van der Waals surface area contributed by atoms with Crippen LogP contribution in [0.3, 0.4) is 0 Å². The molecule has 0 bridgehead atoms. The Labute approximate surface area is 84.2 Å². The first-order chi connectivity index (χ1) is 6.70. The minimum Gasteiger partial charge on any atom is -0.353 e. The van der Waals surface area contributed by atoms with Crippen molar-refractivity contribution in [3.63, 3.8) is 0 Å². The van der Waals surface area contributed by atoms with E-state index >= 15 is 0 Å². The fourth-order valence-corrected chi connectivity index (χ4v) is 1.69. The number of nitriles is 1. The number of nitrogens with one attached hydrogen (secondary N) is 1. The van der Waals surface area contributed by atoms with Crippen molar-refractivity contribution >= 4 is 5.91 Å². The number of amides is 1. The van der Waals surface area contributed by atoms with Gasteiger partial charge in [0.15, 0.2) is 0 Å². The Hall–Kier alpha value is -1.34. The molecule has 0 spiro atoms. The van der Waals surface area contributed by atoms with Crippen LogP contribution in [0.2, 0.25) is 0 Å². The van der Waals surface area contributed by atoms with Crippen molar-refractivity contribution in [3.05, 3.63) is 12.7 Å². The van der Waals surface area contributed by atoms with Crippen LogP contribution in [0.25, 0.3) is 0 Å². The van der Waals surface area contributed by atoms with E-state index < -0.39 is 0 Å². The molecule has 2 atom stereocenters. The largest absolute Gasteiger partial charge is 0.353 e. The molecule has 2 unspecified atom stereocenters. The average Bonchev–Trinajstić information content (AvgIpc) is 2.17. The van der Waals surface area contributed by atoms with Gasteiger partial charge in [0, 0.05) is 19.1 Å². The maximum Gasteiger partial charge on any atom is 0.238 e. The molecular formula is C10H15N3O. The molecule has 14 heavy (non-hydrogen) atoms. The minimum atomic E-state index is -0.318. The van der Waals surface area contributed by atoms with Gasteiger partial charge in [0.05, 0.1) is 12.5 Å². The fourth-order valence-electron chi connectivity index (χ4n) is 1.69. The predicted molar refractivity (Wildman–Crippen MR) is 53.4 cm³/mol. The second-order valence-corrected chi connectivity index (χ2v) is 3.46. The number of carbonyl (C=O) groups excluding carboxylic acids is 1. The molecule has 0 aromatic heterocycles. The molecule has 1 amide bonds. The molecule has 0 aromatic carbocycles. The zero-order valence-corrected chi connectivity index (χ0v) is 8.36. The lowest BCUT2D eigenvalue weighted by Gasteiger charge is -2.38. The molecule has 0 aliphatic carbocycles. The molecule has 0 saturated carbocycles. The van der Waals surface area contributed by atoms with E-state index in [-0.39, 0.29) is 24.4 Å². The maximum atomic E-state index is 11.5. The van der Waals surface area contributed by atoms with Crippen LogP contribution in [0.15, 0.2) is 12.7 Å². The van der Waals surface area contributed by atoms with E-state index in [9.17, 15) is 4.79 Å². The summed E-state index contributed by atoms with van der Waals surface area (Å²) in [6.07, 6.45) is 2.00. The van der Waals surface area contributed by atoms with Crippen molar-refractivity contribution in [1.29, 1.82) is 5.26 Å². The van der Waals surface area contributed by atoms with Gasteiger partial charge in [-0.1, -0.05) is 6.08 Å². The SMILES string of the molecule is C=CCN1C(C)CNC(=O)C1CC#N. The lowest BCUT2D eigenvalue weighted by Crippen LogP contribution is -2.59. The van der Waals surface area contributed by atoms with Crippen LogP contribution in [0.4, 0.5) is 0 Å². The normalized spacial score (nSPS) is 27.9. The summed E-state index contributed by atoms with van der Waals surface area (Å²) in [4.78, 5) is 13.5. The van der Waals surface area contributed by atoms with Crippen LogP contribution in [0.5, 0.6) is 0 Å². The standard InChI is InChI=1S/C10H15N3O/c1-3-6-13-8(2)7-12-10(14)9(13)4-5-11/h3,8-9H,1,4,6-7H2,2H3,(H,12,14). The molecule has 4 heteroatoms. The van der Waals surface area contributed by atoms with Crippen LogP contribution >= 0.6 is 0 Å².